The summed E-state index contributed by atoms with van der Waals surface area (Å²) in [5, 5.41) is 12.3. The van der Waals surface area contributed by atoms with Crippen molar-refractivity contribution in [3.8, 4) is 0 Å². The summed E-state index contributed by atoms with van der Waals surface area (Å²) in [6.07, 6.45) is 1.94. The zero-order valence-electron chi connectivity index (χ0n) is 18.8. The Bertz CT molecular complexity index is 908. The first kappa shape index (κ1) is 24.1. The van der Waals surface area contributed by atoms with E-state index in [1.165, 1.54) is 0 Å². The van der Waals surface area contributed by atoms with Gasteiger partial charge in [0.15, 0.2) is 10.6 Å². The average Bonchev–Trinajstić information content (AvgIpc) is 2.85. The summed E-state index contributed by atoms with van der Waals surface area (Å²) in [4.78, 5) is 13.2. The van der Waals surface area contributed by atoms with E-state index in [0.29, 0.717) is 18.6 Å². The van der Waals surface area contributed by atoms with Crippen LogP contribution in [0.1, 0.15) is 43.5 Å². The molecule has 0 saturated heterocycles. The van der Waals surface area contributed by atoms with Crippen molar-refractivity contribution in [1.82, 2.24) is 0 Å². The Kier molecular flexibility index (Phi) is 8.99. The van der Waals surface area contributed by atoms with Gasteiger partial charge in [0.05, 0.1) is 11.7 Å². The predicted octanol–water partition coefficient (Wildman–Crippen LogP) is 5.55. The van der Waals surface area contributed by atoms with Crippen molar-refractivity contribution in [2.45, 2.75) is 39.2 Å². The lowest BCUT2D eigenvalue weighted by Crippen LogP contribution is -2.32. The van der Waals surface area contributed by atoms with Crippen LogP contribution in [-0.4, -0.2) is 23.8 Å². The third kappa shape index (κ3) is 5.83. The van der Waals surface area contributed by atoms with Crippen LogP contribution in [0.4, 0.5) is 0 Å². The highest BCUT2D eigenvalue weighted by atomic mass is 31.2. The summed E-state index contributed by atoms with van der Waals surface area (Å²) in [6.45, 7) is 4.41. The quantitative estimate of drug-likeness (QED) is 0.389. The van der Waals surface area contributed by atoms with Gasteiger partial charge in [-0.1, -0.05) is 74.9 Å². The molecule has 1 N–H and O–H groups in total. The number of carbonyl (C=O) groups is 1. The largest absolute Gasteiger partial charge is 0.393 e. The molecule has 0 aromatic heterocycles. The lowest BCUT2D eigenvalue weighted by molar-refractivity contribution is 0.0584. The van der Waals surface area contributed by atoms with Gasteiger partial charge in [-0.3, -0.25) is 4.52 Å². The molecule has 2 atom stereocenters. The van der Waals surface area contributed by atoms with Crippen molar-refractivity contribution in [2.24, 2.45) is 5.92 Å². The monoisotopic (exact) mass is 451 g/mol. The Balaban J connectivity index is 2.04. The van der Waals surface area contributed by atoms with Crippen molar-refractivity contribution in [3.05, 3.63) is 96.6 Å². The molecule has 4 nitrogen and oxygen atoms in total. The molecule has 3 rings (SSSR count). The zero-order chi connectivity index (χ0) is 22.8. The minimum atomic E-state index is -3.01. The number of hydrogen-bond donors (Lipinski definition) is 1. The third-order valence-corrected chi connectivity index (χ3v) is 8.43. The van der Waals surface area contributed by atoms with Gasteiger partial charge >= 0.3 is 13.7 Å². The fourth-order valence-corrected chi connectivity index (χ4v) is 6.38. The Morgan fingerprint density at radius 1 is 0.844 bits per heavy atom. The van der Waals surface area contributed by atoms with E-state index in [9.17, 15) is 9.90 Å². The Hall–Kier alpha value is -2.52. The van der Waals surface area contributed by atoms with Crippen LogP contribution in [0.3, 0.4) is 0 Å². The van der Waals surface area contributed by atoms with E-state index >= 15 is 0 Å². The summed E-state index contributed by atoms with van der Waals surface area (Å²) in [7, 11) is -3.01. The molecular weight excluding hydrogens is 419 g/mol. The molecule has 2 unspecified atom stereocenters. The van der Waals surface area contributed by atoms with Gasteiger partial charge in [0.1, 0.15) is 6.61 Å². The van der Waals surface area contributed by atoms with Crippen LogP contribution in [0, 0.1) is 5.92 Å². The molecular formula is C27H32O4P+. The van der Waals surface area contributed by atoms with Gasteiger partial charge in [-0.25, -0.2) is 4.79 Å². The summed E-state index contributed by atoms with van der Waals surface area (Å²) in [5.74, 6) is -0.467. The van der Waals surface area contributed by atoms with E-state index < -0.39 is 19.8 Å². The summed E-state index contributed by atoms with van der Waals surface area (Å²) >= 11 is 0. The van der Waals surface area contributed by atoms with Gasteiger partial charge in [-0.15, -0.1) is 0 Å². The third-order valence-electron chi connectivity index (χ3n) is 5.54. The summed E-state index contributed by atoms with van der Waals surface area (Å²) < 4.78 is 12.9. The molecule has 0 spiro atoms. The van der Waals surface area contributed by atoms with Crippen LogP contribution >= 0.6 is 7.72 Å². The molecule has 3 aromatic rings. The number of rotatable bonds is 11. The molecule has 0 aliphatic rings. The summed E-state index contributed by atoms with van der Waals surface area (Å²) in [5.41, 5.74) is 0.477. The molecule has 0 bridgehead atoms. The molecule has 0 amide bonds. The van der Waals surface area contributed by atoms with E-state index in [2.05, 4.69) is 6.92 Å². The Morgan fingerprint density at radius 3 is 1.81 bits per heavy atom. The molecule has 0 aliphatic heterocycles. The van der Waals surface area contributed by atoms with Crippen molar-refractivity contribution in [3.63, 3.8) is 0 Å². The standard InChI is InChI=1S/C27H32O4P/c1-3-14-26(28)22(4-2)21-30-32(24-17-10-6-11-18-24,25-19-12-7-13-20-25)31-27(29)23-15-8-5-9-16-23/h5-13,15-20,22,26,28H,3-4,14,21H2,1-2H3/q+1. The number of aliphatic hydroxyl groups is 1. The van der Waals surface area contributed by atoms with E-state index in [0.717, 1.165) is 23.5 Å². The van der Waals surface area contributed by atoms with Crippen molar-refractivity contribution < 1.29 is 18.9 Å². The minimum absolute atomic E-state index is 0.0443. The van der Waals surface area contributed by atoms with Crippen LogP contribution in [-0.2, 0) is 9.05 Å². The summed E-state index contributed by atoms with van der Waals surface area (Å²) in [6, 6.07) is 28.3. The molecule has 0 saturated carbocycles. The van der Waals surface area contributed by atoms with Gasteiger partial charge in [-0.05, 0) is 49.2 Å². The highest BCUT2D eigenvalue weighted by Gasteiger charge is 2.52. The van der Waals surface area contributed by atoms with Crippen molar-refractivity contribution in [2.75, 3.05) is 6.61 Å². The second kappa shape index (κ2) is 11.9. The highest BCUT2D eigenvalue weighted by Crippen LogP contribution is 2.59. The lowest BCUT2D eigenvalue weighted by Gasteiger charge is -2.27. The molecule has 0 heterocycles. The Labute approximate surface area is 191 Å². The molecule has 5 heteroatoms. The fraction of sp³-hybridized carbons (Fsp3) is 0.296. The van der Waals surface area contributed by atoms with Gasteiger partial charge in [0.25, 0.3) is 0 Å². The second-order valence-corrected chi connectivity index (χ2v) is 10.4. The molecule has 0 fully saturated rings. The van der Waals surface area contributed by atoms with Crippen LogP contribution < -0.4 is 10.6 Å². The van der Waals surface area contributed by atoms with Gasteiger partial charge in [0, 0.05) is 5.92 Å². The molecule has 0 radical (unpaired) electrons. The van der Waals surface area contributed by atoms with Crippen LogP contribution in [0.15, 0.2) is 91.0 Å². The molecule has 0 aliphatic carbocycles. The van der Waals surface area contributed by atoms with E-state index in [1.807, 2.05) is 85.8 Å². The fourth-order valence-electron chi connectivity index (χ4n) is 3.66. The predicted molar refractivity (Wildman–Crippen MR) is 132 cm³/mol. The Morgan fingerprint density at radius 2 is 1.34 bits per heavy atom. The van der Waals surface area contributed by atoms with Crippen LogP contribution in [0.5, 0.6) is 0 Å². The second-order valence-electron chi connectivity index (χ2n) is 7.79. The average molecular weight is 452 g/mol. The highest BCUT2D eigenvalue weighted by molar-refractivity contribution is 7.81. The SMILES string of the molecule is CCCC(O)C(CC)CO[P+](OC(=O)c1ccccc1)(c1ccccc1)c1ccccc1. The number of hydrogen-bond acceptors (Lipinski definition) is 4. The topological polar surface area (TPSA) is 55.8 Å². The van der Waals surface area contributed by atoms with Crippen LogP contribution in [0.2, 0.25) is 0 Å². The number of benzene rings is 3. The molecule has 168 valence electrons. The minimum Gasteiger partial charge on any atom is -0.393 e. The van der Waals surface area contributed by atoms with Crippen molar-refractivity contribution in [1.29, 1.82) is 0 Å². The van der Waals surface area contributed by atoms with Crippen molar-refractivity contribution >= 4 is 24.3 Å². The first-order chi connectivity index (χ1) is 15.6. The van der Waals surface area contributed by atoms with E-state index in [1.54, 1.807) is 12.1 Å². The maximum Gasteiger partial charge on any atom is 0.390 e. The van der Waals surface area contributed by atoms with Gasteiger partial charge in [0.2, 0.25) is 0 Å². The first-order valence-electron chi connectivity index (χ1n) is 11.2. The normalized spacial score (nSPS) is 13.3. The van der Waals surface area contributed by atoms with Gasteiger partial charge in [-0.2, -0.15) is 4.52 Å². The number of aliphatic hydroxyl groups excluding tert-OH is 1. The van der Waals surface area contributed by atoms with E-state index in [4.69, 9.17) is 9.05 Å². The molecule has 32 heavy (non-hydrogen) atoms. The van der Waals surface area contributed by atoms with Gasteiger partial charge < -0.3 is 5.11 Å². The number of carbonyl (C=O) groups excluding carboxylic acids is 1. The maximum atomic E-state index is 13.2. The van der Waals surface area contributed by atoms with E-state index in [-0.39, 0.29) is 5.92 Å². The zero-order valence-corrected chi connectivity index (χ0v) is 19.7. The van der Waals surface area contributed by atoms with Crippen LogP contribution in [0.25, 0.3) is 0 Å². The maximum absolute atomic E-state index is 13.2. The molecule has 3 aromatic carbocycles. The smallest absolute Gasteiger partial charge is 0.390 e. The lowest BCUT2D eigenvalue weighted by atomic mass is 9.97. The first-order valence-corrected chi connectivity index (χ1v) is 12.8.